The van der Waals surface area contributed by atoms with Crippen LogP contribution in [0.5, 0.6) is 0 Å². The molecule has 0 saturated carbocycles. The largest absolute Gasteiger partial charge is 0.374 e. The van der Waals surface area contributed by atoms with Gasteiger partial charge in [-0.05, 0) is 64.1 Å². The quantitative estimate of drug-likeness (QED) is 0.197. The van der Waals surface area contributed by atoms with E-state index in [4.69, 9.17) is 4.74 Å². The lowest BCUT2D eigenvalue weighted by Crippen LogP contribution is -2.24. The number of thiazole rings is 1. The van der Waals surface area contributed by atoms with Gasteiger partial charge in [0.05, 0.1) is 16.8 Å². The van der Waals surface area contributed by atoms with Crippen molar-refractivity contribution in [2.24, 2.45) is 5.92 Å². The number of hydrogen-bond acceptors (Lipinski definition) is 4. The van der Waals surface area contributed by atoms with E-state index in [2.05, 4.69) is 56.0 Å². The van der Waals surface area contributed by atoms with E-state index in [1.54, 1.807) is 11.3 Å². The van der Waals surface area contributed by atoms with Crippen LogP contribution in [0.15, 0.2) is 22.6 Å². The molecule has 0 bridgehead atoms. The van der Waals surface area contributed by atoms with E-state index in [9.17, 15) is 4.79 Å². The summed E-state index contributed by atoms with van der Waals surface area (Å²) in [6.45, 7) is 16.4. The number of ether oxygens (including phenoxy) is 1. The summed E-state index contributed by atoms with van der Waals surface area (Å²) in [5.41, 5.74) is 3.65. The number of nitrogens with zero attached hydrogens (tertiary/aromatic N) is 1. The van der Waals surface area contributed by atoms with Gasteiger partial charge in [-0.15, -0.1) is 11.3 Å². The first-order valence-corrected chi connectivity index (χ1v) is 15.0. The van der Waals surface area contributed by atoms with Crippen molar-refractivity contribution in [3.05, 3.63) is 33.3 Å². The van der Waals surface area contributed by atoms with Crippen LogP contribution in [0.2, 0.25) is 25.7 Å². The molecule has 1 heterocycles. The van der Waals surface area contributed by atoms with Crippen molar-refractivity contribution in [2.45, 2.75) is 85.2 Å². The zero-order chi connectivity index (χ0) is 21.2. The fourth-order valence-corrected chi connectivity index (χ4v) is 4.15. The van der Waals surface area contributed by atoms with Crippen LogP contribution in [0.25, 0.3) is 6.08 Å². The Morgan fingerprint density at radius 2 is 2.04 bits per heavy atom. The molecule has 158 valence electrons. The monoisotopic (exact) mass is 421 g/mol. The summed E-state index contributed by atoms with van der Waals surface area (Å²) < 4.78 is 6.32. The molecule has 1 aromatic rings. The summed E-state index contributed by atoms with van der Waals surface area (Å²) in [4.78, 5) is 15.3. The fraction of sp³-hybridized carbons (Fsp3) is 0.652. The minimum absolute atomic E-state index is 0.0993. The van der Waals surface area contributed by atoms with Crippen LogP contribution < -0.4 is 0 Å². The van der Waals surface area contributed by atoms with E-state index in [1.807, 2.05) is 13.8 Å². The van der Waals surface area contributed by atoms with E-state index in [1.165, 1.54) is 17.2 Å². The molecule has 28 heavy (non-hydrogen) atoms. The van der Waals surface area contributed by atoms with E-state index in [0.717, 1.165) is 49.3 Å². The van der Waals surface area contributed by atoms with Gasteiger partial charge in [-0.25, -0.2) is 4.98 Å². The highest BCUT2D eigenvalue weighted by molar-refractivity contribution is 7.09. The maximum atomic E-state index is 10.8. The summed E-state index contributed by atoms with van der Waals surface area (Å²) in [5.74, 6) is 0.164. The van der Waals surface area contributed by atoms with Crippen molar-refractivity contribution in [1.82, 2.24) is 4.98 Å². The molecule has 1 aromatic heterocycles. The summed E-state index contributed by atoms with van der Waals surface area (Å²) in [5, 5.41) is 3.20. The van der Waals surface area contributed by atoms with Gasteiger partial charge >= 0.3 is 0 Å². The average Bonchev–Trinajstić information content (AvgIpc) is 3.01. The van der Waals surface area contributed by atoms with Crippen LogP contribution in [0.1, 0.15) is 57.2 Å². The Labute approximate surface area is 177 Å². The van der Waals surface area contributed by atoms with Crippen LogP contribution >= 0.6 is 11.3 Å². The van der Waals surface area contributed by atoms with Crippen LogP contribution in [0.3, 0.4) is 0 Å². The van der Waals surface area contributed by atoms with Gasteiger partial charge in [0, 0.05) is 26.0 Å². The molecule has 0 fully saturated rings. The lowest BCUT2D eigenvalue weighted by atomic mass is 10.0. The normalized spacial score (nSPS) is 15.5. The Morgan fingerprint density at radius 3 is 2.61 bits per heavy atom. The van der Waals surface area contributed by atoms with Crippen LogP contribution in [0.4, 0.5) is 0 Å². The highest BCUT2D eigenvalue weighted by Crippen LogP contribution is 2.20. The first-order valence-electron chi connectivity index (χ1n) is 10.4. The Kier molecular flexibility index (Phi) is 11.2. The van der Waals surface area contributed by atoms with Gasteiger partial charge in [0.1, 0.15) is 6.29 Å². The van der Waals surface area contributed by atoms with Gasteiger partial charge in [0.15, 0.2) is 0 Å². The third-order valence-electron chi connectivity index (χ3n) is 4.83. The van der Waals surface area contributed by atoms with Gasteiger partial charge < -0.3 is 9.53 Å². The minimum Gasteiger partial charge on any atom is -0.374 e. The third kappa shape index (κ3) is 11.1. The van der Waals surface area contributed by atoms with Crippen molar-refractivity contribution < 1.29 is 9.53 Å². The van der Waals surface area contributed by atoms with Crippen molar-refractivity contribution in [3.8, 4) is 0 Å². The number of aryl methyl sites for hydroxylation is 1. The van der Waals surface area contributed by atoms with Crippen molar-refractivity contribution in [1.29, 1.82) is 0 Å². The molecule has 0 spiro atoms. The summed E-state index contributed by atoms with van der Waals surface area (Å²) in [6, 6.07) is 1.18. The molecule has 1 rings (SSSR count). The Hall–Kier alpha value is -1.04. The maximum absolute atomic E-state index is 10.8. The van der Waals surface area contributed by atoms with Gasteiger partial charge in [-0.3, -0.25) is 0 Å². The Balaban J connectivity index is 2.72. The molecule has 0 saturated heterocycles. The van der Waals surface area contributed by atoms with Crippen LogP contribution in [-0.4, -0.2) is 32.1 Å². The highest BCUT2D eigenvalue weighted by atomic mass is 32.1. The molecule has 0 amide bonds. The first kappa shape index (κ1) is 25.0. The SMILES string of the molecule is C/C(=C/C[C@H](OCC[Si](C)(C)C)/C(C)=C/c1csc(C)n1)CCC[C@H](C)C=O. The lowest BCUT2D eigenvalue weighted by molar-refractivity contribution is -0.110. The Bertz CT molecular complexity index is 658. The number of carbonyl (C=O) groups excluding carboxylic acids is 1. The van der Waals surface area contributed by atoms with E-state index < -0.39 is 8.07 Å². The van der Waals surface area contributed by atoms with Crippen molar-refractivity contribution in [2.75, 3.05) is 6.61 Å². The van der Waals surface area contributed by atoms with Crippen LogP contribution in [-0.2, 0) is 9.53 Å². The second-order valence-corrected chi connectivity index (χ2v) is 15.8. The lowest BCUT2D eigenvalue weighted by Gasteiger charge is -2.21. The van der Waals surface area contributed by atoms with Crippen molar-refractivity contribution >= 4 is 31.8 Å². The molecule has 0 aliphatic heterocycles. The zero-order valence-corrected chi connectivity index (χ0v) is 20.7. The molecule has 0 N–H and O–H groups in total. The molecule has 5 heteroatoms. The predicted molar refractivity (Wildman–Crippen MR) is 126 cm³/mol. The first-order chi connectivity index (χ1) is 13.1. The molecule has 0 aromatic carbocycles. The third-order valence-corrected chi connectivity index (χ3v) is 7.33. The fourth-order valence-electron chi connectivity index (χ4n) is 2.85. The van der Waals surface area contributed by atoms with Gasteiger partial charge in [0.2, 0.25) is 0 Å². The second kappa shape index (κ2) is 12.5. The van der Waals surface area contributed by atoms with E-state index >= 15 is 0 Å². The van der Waals surface area contributed by atoms with Crippen molar-refractivity contribution in [3.63, 3.8) is 0 Å². The average molecular weight is 422 g/mol. The molecule has 0 aliphatic carbocycles. The number of aldehydes is 1. The molecule has 0 unspecified atom stereocenters. The standard InChI is InChI=1S/C23H39NO2SSi/c1-18(9-8-10-19(2)16-25)11-12-23(26-13-14-28(5,6)7)20(3)15-22-17-27-21(4)24-22/h11,15-17,19,23H,8-10,12-14H2,1-7H3/b18-11-,20-15+/t19-,23-/m0/s1. The number of allylic oxidation sites excluding steroid dienone is 1. The number of aromatic nitrogens is 1. The van der Waals surface area contributed by atoms with Crippen LogP contribution in [0, 0.1) is 12.8 Å². The number of rotatable bonds is 13. The summed E-state index contributed by atoms with van der Waals surface area (Å²) in [7, 11) is -1.11. The highest BCUT2D eigenvalue weighted by Gasteiger charge is 2.16. The molecule has 2 atom stereocenters. The predicted octanol–water partition coefficient (Wildman–Crippen LogP) is 6.92. The molecule has 0 radical (unpaired) electrons. The topological polar surface area (TPSA) is 39.2 Å². The molecule has 3 nitrogen and oxygen atoms in total. The number of hydrogen-bond donors (Lipinski definition) is 0. The Morgan fingerprint density at radius 1 is 1.32 bits per heavy atom. The van der Waals surface area contributed by atoms with Gasteiger partial charge in [0.25, 0.3) is 0 Å². The number of carbonyl (C=O) groups is 1. The van der Waals surface area contributed by atoms with E-state index in [0.29, 0.717) is 0 Å². The van der Waals surface area contributed by atoms with Gasteiger partial charge in [-0.1, -0.05) is 38.2 Å². The summed E-state index contributed by atoms with van der Waals surface area (Å²) >= 11 is 1.68. The smallest absolute Gasteiger partial charge is 0.122 e. The molecule has 0 aliphatic rings. The molecular formula is C23H39NO2SSi. The minimum atomic E-state index is -1.11. The second-order valence-electron chi connectivity index (χ2n) is 9.14. The molecular weight excluding hydrogens is 382 g/mol. The zero-order valence-electron chi connectivity index (χ0n) is 18.9. The summed E-state index contributed by atoms with van der Waals surface area (Å²) in [6.07, 6.45) is 9.60. The maximum Gasteiger partial charge on any atom is 0.122 e. The van der Waals surface area contributed by atoms with E-state index in [-0.39, 0.29) is 12.0 Å². The van der Waals surface area contributed by atoms with Gasteiger partial charge in [-0.2, -0.15) is 0 Å².